The summed E-state index contributed by atoms with van der Waals surface area (Å²) >= 11 is 6.02. The van der Waals surface area contributed by atoms with Crippen molar-refractivity contribution in [2.75, 3.05) is 6.54 Å². The number of carbonyl (C=O) groups is 2. The zero-order valence-electron chi connectivity index (χ0n) is 20.3. The summed E-state index contributed by atoms with van der Waals surface area (Å²) in [5.41, 5.74) is 3.32. The van der Waals surface area contributed by atoms with E-state index >= 15 is 0 Å². The molecule has 0 saturated carbocycles. The van der Waals surface area contributed by atoms with Crippen molar-refractivity contribution in [3.63, 3.8) is 0 Å². The molecule has 188 valence electrons. The van der Waals surface area contributed by atoms with Crippen molar-refractivity contribution in [1.82, 2.24) is 10.2 Å². The third kappa shape index (κ3) is 7.51. The summed E-state index contributed by atoms with van der Waals surface area (Å²) in [6.07, 6.45) is 0.768. The molecule has 0 radical (unpaired) electrons. The zero-order chi connectivity index (χ0) is 26.0. The number of hydrogen-bond donors (Lipinski definition) is 1. The average molecular weight is 515 g/mol. The van der Waals surface area contributed by atoms with Crippen LogP contribution in [0.3, 0.4) is 0 Å². The van der Waals surface area contributed by atoms with E-state index in [0.717, 1.165) is 16.7 Å². The molecule has 2 amide bonds. The van der Waals surface area contributed by atoms with Crippen LogP contribution in [0.15, 0.2) is 109 Å². The second-order valence-corrected chi connectivity index (χ2v) is 9.23. The molecule has 6 heteroatoms. The first-order valence-corrected chi connectivity index (χ1v) is 12.5. The van der Waals surface area contributed by atoms with Crippen LogP contribution < -0.4 is 5.32 Å². The summed E-state index contributed by atoms with van der Waals surface area (Å²) in [5, 5.41) is 3.60. The quantitative estimate of drug-likeness (QED) is 0.276. The van der Waals surface area contributed by atoms with Gasteiger partial charge in [0.15, 0.2) is 0 Å². The fourth-order valence-electron chi connectivity index (χ4n) is 4.17. The number of nitrogens with zero attached hydrogens (tertiary/aromatic N) is 1. The molecule has 0 heterocycles. The Balaban J connectivity index is 1.62. The van der Waals surface area contributed by atoms with Gasteiger partial charge in [-0.3, -0.25) is 9.59 Å². The van der Waals surface area contributed by atoms with Crippen LogP contribution in [0.1, 0.15) is 28.3 Å². The van der Waals surface area contributed by atoms with Crippen LogP contribution in [-0.4, -0.2) is 23.3 Å². The lowest BCUT2D eigenvalue weighted by molar-refractivity contribution is -0.141. The minimum absolute atomic E-state index is 0.0962. The van der Waals surface area contributed by atoms with Crippen LogP contribution in [0.2, 0.25) is 5.02 Å². The highest BCUT2D eigenvalue weighted by molar-refractivity contribution is 6.30. The Hall–Kier alpha value is -3.96. The van der Waals surface area contributed by atoms with Crippen molar-refractivity contribution in [1.29, 1.82) is 0 Å². The fourth-order valence-corrected chi connectivity index (χ4v) is 4.29. The first kappa shape index (κ1) is 26.1. The number of amides is 2. The maximum absolute atomic E-state index is 13.7. The minimum Gasteiger partial charge on any atom is -0.354 e. The summed E-state index contributed by atoms with van der Waals surface area (Å²) in [6.45, 7) is 0.584. The first-order chi connectivity index (χ1) is 18.0. The van der Waals surface area contributed by atoms with Gasteiger partial charge in [-0.05, 0) is 52.9 Å². The Bertz CT molecular complexity index is 1300. The summed E-state index contributed by atoms with van der Waals surface area (Å²) in [5.74, 6) is -0.853. The van der Waals surface area contributed by atoms with E-state index in [4.69, 9.17) is 11.6 Å². The molecule has 0 bridgehead atoms. The molecule has 0 spiro atoms. The van der Waals surface area contributed by atoms with Gasteiger partial charge in [-0.2, -0.15) is 0 Å². The predicted octanol–water partition coefficient (Wildman–Crippen LogP) is 6.15. The third-order valence-corrected chi connectivity index (χ3v) is 6.34. The smallest absolute Gasteiger partial charge is 0.247 e. The molecule has 0 aromatic heterocycles. The Labute approximate surface area is 221 Å². The lowest BCUT2D eigenvalue weighted by Crippen LogP contribution is -2.44. The van der Waals surface area contributed by atoms with Gasteiger partial charge >= 0.3 is 0 Å². The number of halogens is 2. The Morgan fingerprint density at radius 2 is 1.35 bits per heavy atom. The zero-order valence-corrected chi connectivity index (χ0v) is 21.1. The average Bonchev–Trinajstić information content (AvgIpc) is 2.92. The van der Waals surface area contributed by atoms with Crippen LogP contribution in [-0.2, 0) is 29.0 Å². The van der Waals surface area contributed by atoms with Crippen molar-refractivity contribution in [2.45, 2.75) is 25.4 Å². The molecule has 1 N–H and O–H groups in total. The Morgan fingerprint density at radius 3 is 2.00 bits per heavy atom. The minimum atomic E-state index is -0.859. The number of hydrogen-bond acceptors (Lipinski definition) is 2. The highest BCUT2D eigenvalue weighted by Gasteiger charge is 2.31. The maximum Gasteiger partial charge on any atom is 0.247 e. The van der Waals surface area contributed by atoms with E-state index < -0.39 is 6.04 Å². The lowest BCUT2D eigenvalue weighted by Gasteiger charge is -2.32. The third-order valence-electron chi connectivity index (χ3n) is 6.09. The second kappa shape index (κ2) is 12.8. The van der Waals surface area contributed by atoms with Gasteiger partial charge < -0.3 is 10.2 Å². The summed E-state index contributed by atoms with van der Waals surface area (Å²) in [6, 6.07) is 31.3. The van der Waals surface area contributed by atoms with E-state index in [1.54, 1.807) is 41.3 Å². The molecule has 0 fully saturated rings. The van der Waals surface area contributed by atoms with Gasteiger partial charge in [0.25, 0.3) is 0 Å². The highest BCUT2D eigenvalue weighted by atomic mass is 35.5. The maximum atomic E-state index is 13.7. The van der Waals surface area contributed by atoms with Crippen LogP contribution >= 0.6 is 11.6 Å². The van der Waals surface area contributed by atoms with E-state index in [1.165, 1.54) is 12.1 Å². The normalized spacial score (nSPS) is 11.5. The van der Waals surface area contributed by atoms with Crippen LogP contribution in [0, 0.1) is 5.82 Å². The van der Waals surface area contributed by atoms with Crippen LogP contribution in [0.5, 0.6) is 0 Å². The summed E-state index contributed by atoms with van der Waals surface area (Å²) in [4.78, 5) is 28.9. The standard InChI is InChI=1S/C31H28ClFN2O2/c32-27-15-11-24(12-16-27)21-29(36)35(22-25-13-17-28(33)18-14-25)30(26-9-5-2-6-10-26)31(37)34-20-19-23-7-3-1-4-8-23/h1-18,30H,19-22H2,(H,34,37). The molecule has 4 nitrogen and oxygen atoms in total. The topological polar surface area (TPSA) is 49.4 Å². The SMILES string of the molecule is O=C(NCCc1ccccc1)C(c1ccccc1)N(Cc1ccc(F)cc1)C(=O)Cc1ccc(Cl)cc1. The highest BCUT2D eigenvalue weighted by Crippen LogP contribution is 2.25. The van der Waals surface area contributed by atoms with Crippen LogP contribution in [0.4, 0.5) is 4.39 Å². The Morgan fingerprint density at radius 1 is 0.757 bits per heavy atom. The van der Waals surface area contributed by atoms with Crippen molar-refractivity contribution in [2.24, 2.45) is 0 Å². The molecule has 4 rings (SSSR count). The molecule has 0 aliphatic heterocycles. The molecular weight excluding hydrogens is 487 g/mol. The molecule has 0 aliphatic rings. The van der Waals surface area contributed by atoms with E-state index in [0.29, 0.717) is 23.6 Å². The number of rotatable bonds is 10. The second-order valence-electron chi connectivity index (χ2n) is 8.79. The van der Waals surface area contributed by atoms with Gasteiger partial charge in [-0.25, -0.2) is 4.39 Å². The van der Waals surface area contributed by atoms with E-state index in [2.05, 4.69) is 5.32 Å². The molecule has 0 saturated heterocycles. The van der Waals surface area contributed by atoms with Crippen LogP contribution in [0.25, 0.3) is 0 Å². The largest absolute Gasteiger partial charge is 0.354 e. The van der Waals surface area contributed by atoms with E-state index in [1.807, 2.05) is 60.7 Å². The number of benzene rings is 4. The van der Waals surface area contributed by atoms with Gasteiger partial charge in [0.1, 0.15) is 11.9 Å². The predicted molar refractivity (Wildman–Crippen MR) is 144 cm³/mol. The molecular formula is C31H28ClFN2O2. The molecule has 1 atom stereocenters. The van der Waals surface area contributed by atoms with Crippen molar-refractivity contribution in [3.8, 4) is 0 Å². The molecule has 4 aromatic rings. The molecule has 4 aromatic carbocycles. The molecule has 0 aliphatic carbocycles. The van der Waals surface area contributed by atoms with Gasteiger partial charge in [-0.1, -0.05) is 96.5 Å². The van der Waals surface area contributed by atoms with E-state index in [-0.39, 0.29) is 30.6 Å². The number of carbonyl (C=O) groups excluding carboxylic acids is 2. The van der Waals surface area contributed by atoms with Gasteiger partial charge in [0.2, 0.25) is 11.8 Å². The van der Waals surface area contributed by atoms with Gasteiger partial charge in [0.05, 0.1) is 6.42 Å². The van der Waals surface area contributed by atoms with Crippen molar-refractivity contribution >= 4 is 23.4 Å². The lowest BCUT2D eigenvalue weighted by atomic mass is 10.0. The van der Waals surface area contributed by atoms with Gasteiger partial charge in [0, 0.05) is 18.1 Å². The molecule has 1 unspecified atom stereocenters. The fraction of sp³-hybridized carbons (Fsp3) is 0.161. The van der Waals surface area contributed by atoms with Crippen molar-refractivity contribution in [3.05, 3.63) is 142 Å². The molecule has 37 heavy (non-hydrogen) atoms. The van der Waals surface area contributed by atoms with E-state index in [9.17, 15) is 14.0 Å². The van der Waals surface area contributed by atoms with Crippen molar-refractivity contribution < 1.29 is 14.0 Å². The summed E-state index contributed by atoms with van der Waals surface area (Å²) < 4.78 is 13.6. The number of nitrogens with one attached hydrogen (secondary N) is 1. The first-order valence-electron chi connectivity index (χ1n) is 12.1. The Kier molecular flexibility index (Phi) is 9.06. The van der Waals surface area contributed by atoms with Gasteiger partial charge in [-0.15, -0.1) is 0 Å². The summed E-state index contributed by atoms with van der Waals surface area (Å²) in [7, 11) is 0. The monoisotopic (exact) mass is 514 g/mol.